The molecule has 26 heavy (non-hydrogen) atoms. The maximum Gasteiger partial charge on any atom is 0.241 e. The van der Waals surface area contributed by atoms with E-state index in [4.69, 9.17) is 0 Å². The van der Waals surface area contributed by atoms with Gasteiger partial charge in [-0.1, -0.05) is 29.8 Å². The summed E-state index contributed by atoms with van der Waals surface area (Å²) < 4.78 is 0. The summed E-state index contributed by atoms with van der Waals surface area (Å²) in [4.78, 5) is 19.9. The maximum absolute atomic E-state index is 12.9. The molecule has 2 aliphatic rings. The molecule has 1 aliphatic carbocycles. The molecule has 2 fully saturated rings. The minimum absolute atomic E-state index is 0.114. The van der Waals surface area contributed by atoms with E-state index in [-0.39, 0.29) is 11.9 Å². The molecule has 0 aromatic heterocycles. The molecule has 0 bridgehead atoms. The number of nitrogens with zero attached hydrogens (tertiary/aromatic N) is 3. The number of likely N-dealkylation sites (N-methyl/N-ethyl adjacent to an activating group) is 2. The van der Waals surface area contributed by atoms with Crippen molar-refractivity contribution in [1.29, 1.82) is 0 Å². The Labute approximate surface area is 158 Å². The van der Waals surface area contributed by atoms with Crippen LogP contribution < -0.4 is 5.32 Å². The minimum atomic E-state index is -0.227. The van der Waals surface area contributed by atoms with Crippen molar-refractivity contribution >= 4 is 5.91 Å². The Balaban J connectivity index is 1.55. The maximum atomic E-state index is 12.9. The van der Waals surface area contributed by atoms with Gasteiger partial charge in [-0.05, 0) is 46.5 Å². The summed E-state index contributed by atoms with van der Waals surface area (Å²) in [6.07, 6.45) is 2.47. The highest BCUT2D eigenvalue weighted by molar-refractivity contribution is 5.83. The molecule has 0 unspecified atom stereocenters. The van der Waals surface area contributed by atoms with E-state index in [0.717, 1.165) is 44.8 Å². The van der Waals surface area contributed by atoms with Gasteiger partial charge < -0.3 is 15.1 Å². The van der Waals surface area contributed by atoms with Crippen molar-refractivity contribution in [2.45, 2.75) is 25.8 Å². The molecule has 1 atom stereocenters. The molecule has 1 aliphatic heterocycles. The van der Waals surface area contributed by atoms with Crippen LogP contribution in [0.5, 0.6) is 0 Å². The van der Waals surface area contributed by atoms with E-state index in [1.54, 1.807) is 0 Å². The lowest BCUT2D eigenvalue weighted by atomic mass is 10.0. The van der Waals surface area contributed by atoms with Gasteiger partial charge in [0.2, 0.25) is 5.91 Å². The first kappa shape index (κ1) is 19.3. The van der Waals surface area contributed by atoms with E-state index < -0.39 is 0 Å². The van der Waals surface area contributed by atoms with Gasteiger partial charge in [0.05, 0.1) is 0 Å². The molecule has 1 saturated heterocycles. The summed E-state index contributed by atoms with van der Waals surface area (Å²) >= 11 is 0. The molecule has 1 saturated carbocycles. The number of hydrogen-bond acceptors (Lipinski definition) is 4. The summed E-state index contributed by atoms with van der Waals surface area (Å²) in [6.45, 7) is 8.60. The quantitative estimate of drug-likeness (QED) is 0.806. The lowest BCUT2D eigenvalue weighted by Gasteiger charge is -2.35. The second-order valence-corrected chi connectivity index (χ2v) is 8.57. The van der Waals surface area contributed by atoms with Crippen LogP contribution in [0, 0.1) is 12.3 Å². The first-order valence-corrected chi connectivity index (χ1v) is 9.80. The fourth-order valence-electron chi connectivity index (χ4n) is 3.85. The highest BCUT2D eigenvalue weighted by atomic mass is 16.2. The number of aryl methyl sites for hydroxylation is 1. The fourth-order valence-corrected chi connectivity index (χ4v) is 3.85. The van der Waals surface area contributed by atoms with E-state index >= 15 is 0 Å². The number of hydrogen-bond donors (Lipinski definition) is 1. The second-order valence-electron chi connectivity index (χ2n) is 8.57. The molecule has 1 aromatic rings. The topological polar surface area (TPSA) is 38.8 Å². The van der Waals surface area contributed by atoms with Gasteiger partial charge in [-0.3, -0.25) is 9.69 Å². The normalized spacial score (nSPS) is 21.6. The molecule has 3 rings (SSSR count). The average Bonchev–Trinajstić information content (AvgIpc) is 3.37. The molecule has 5 heteroatoms. The van der Waals surface area contributed by atoms with Crippen molar-refractivity contribution in [3.05, 3.63) is 35.4 Å². The van der Waals surface area contributed by atoms with Gasteiger partial charge in [0.1, 0.15) is 6.04 Å². The number of carbonyl (C=O) groups is 1. The Morgan fingerprint density at radius 2 is 1.77 bits per heavy atom. The molecular formula is C21H34N4O. The molecule has 1 heterocycles. The van der Waals surface area contributed by atoms with Crippen LogP contribution in [-0.2, 0) is 4.79 Å². The SMILES string of the molecule is Cc1ccc([C@@H](C(=O)NCC2(CN3CCN(C)CC3)CC2)N(C)C)cc1. The summed E-state index contributed by atoms with van der Waals surface area (Å²) in [5.74, 6) is 0.114. The Kier molecular flexibility index (Phi) is 6.00. The van der Waals surface area contributed by atoms with Crippen LogP contribution in [0.1, 0.15) is 30.0 Å². The number of carbonyl (C=O) groups excluding carboxylic acids is 1. The Morgan fingerprint density at radius 3 is 2.31 bits per heavy atom. The van der Waals surface area contributed by atoms with Crippen molar-refractivity contribution in [2.75, 3.05) is 60.4 Å². The molecule has 1 N–H and O–H groups in total. The first-order chi connectivity index (χ1) is 12.4. The van der Waals surface area contributed by atoms with Crippen LogP contribution >= 0.6 is 0 Å². The first-order valence-electron chi connectivity index (χ1n) is 9.80. The zero-order valence-corrected chi connectivity index (χ0v) is 16.8. The number of amides is 1. The summed E-state index contributed by atoms with van der Waals surface area (Å²) in [7, 11) is 6.14. The standard InChI is InChI=1S/C21H34N4O/c1-17-5-7-18(8-6-17)19(23(2)3)20(26)22-15-21(9-10-21)16-25-13-11-24(4)12-14-25/h5-8,19H,9-16H2,1-4H3,(H,22,26)/t19-/m0/s1. The monoisotopic (exact) mass is 358 g/mol. The molecule has 1 aromatic carbocycles. The highest BCUT2D eigenvalue weighted by Gasteiger charge is 2.44. The zero-order valence-electron chi connectivity index (χ0n) is 16.8. The van der Waals surface area contributed by atoms with E-state index in [0.29, 0.717) is 5.41 Å². The van der Waals surface area contributed by atoms with E-state index in [9.17, 15) is 4.79 Å². The van der Waals surface area contributed by atoms with E-state index in [1.165, 1.54) is 18.4 Å². The molecule has 0 spiro atoms. The third kappa shape index (κ3) is 4.84. The molecule has 1 amide bonds. The van der Waals surface area contributed by atoms with Crippen LogP contribution in [0.2, 0.25) is 0 Å². The lowest BCUT2D eigenvalue weighted by molar-refractivity contribution is -0.126. The third-order valence-electron chi connectivity index (χ3n) is 5.91. The largest absolute Gasteiger partial charge is 0.354 e. The summed E-state index contributed by atoms with van der Waals surface area (Å²) in [5.41, 5.74) is 2.58. The fraction of sp³-hybridized carbons (Fsp3) is 0.667. The van der Waals surface area contributed by atoms with Crippen LogP contribution in [0.15, 0.2) is 24.3 Å². The van der Waals surface area contributed by atoms with Gasteiger partial charge in [0.25, 0.3) is 0 Å². The van der Waals surface area contributed by atoms with Gasteiger partial charge in [-0.15, -0.1) is 0 Å². The zero-order chi connectivity index (χ0) is 18.7. The molecule has 144 valence electrons. The van der Waals surface area contributed by atoms with Crippen LogP contribution in [-0.4, -0.2) is 81.0 Å². The van der Waals surface area contributed by atoms with Crippen molar-refractivity contribution in [3.8, 4) is 0 Å². The van der Waals surface area contributed by atoms with Crippen molar-refractivity contribution in [1.82, 2.24) is 20.0 Å². The molecular weight excluding hydrogens is 324 g/mol. The van der Waals surface area contributed by atoms with Gasteiger partial charge in [-0.2, -0.15) is 0 Å². The van der Waals surface area contributed by atoms with Crippen LogP contribution in [0.25, 0.3) is 0 Å². The predicted octanol–water partition coefficient (Wildman–Crippen LogP) is 1.74. The van der Waals surface area contributed by atoms with Gasteiger partial charge in [0, 0.05) is 44.7 Å². The summed E-state index contributed by atoms with van der Waals surface area (Å²) in [5, 5.41) is 3.26. The number of benzene rings is 1. The van der Waals surface area contributed by atoms with E-state index in [2.05, 4.69) is 53.4 Å². The van der Waals surface area contributed by atoms with Gasteiger partial charge in [0.15, 0.2) is 0 Å². The predicted molar refractivity (Wildman–Crippen MR) is 106 cm³/mol. The Bertz CT molecular complexity index is 601. The molecule has 5 nitrogen and oxygen atoms in total. The number of nitrogens with one attached hydrogen (secondary N) is 1. The van der Waals surface area contributed by atoms with Crippen LogP contribution in [0.3, 0.4) is 0 Å². The smallest absolute Gasteiger partial charge is 0.241 e. The summed E-state index contributed by atoms with van der Waals surface area (Å²) in [6, 6.07) is 8.06. The van der Waals surface area contributed by atoms with Gasteiger partial charge in [-0.25, -0.2) is 0 Å². The average molecular weight is 359 g/mol. The third-order valence-corrected chi connectivity index (χ3v) is 5.91. The second kappa shape index (κ2) is 8.07. The van der Waals surface area contributed by atoms with Crippen molar-refractivity contribution < 1.29 is 4.79 Å². The molecule has 0 radical (unpaired) electrons. The van der Waals surface area contributed by atoms with Crippen molar-refractivity contribution in [2.24, 2.45) is 5.41 Å². The Morgan fingerprint density at radius 1 is 1.15 bits per heavy atom. The minimum Gasteiger partial charge on any atom is -0.354 e. The lowest BCUT2D eigenvalue weighted by Crippen LogP contribution is -2.48. The van der Waals surface area contributed by atoms with Crippen LogP contribution in [0.4, 0.5) is 0 Å². The highest BCUT2D eigenvalue weighted by Crippen LogP contribution is 2.45. The number of rotatable bonds is 7. The Hall–Kier alpha value is -1.43. The van der Waals surface area contributed by atoms with Crippen molar-refractivity contribution in [3.63, 3.8) is 0 Å². The van der Waals surface area contributed by atoms with Gasteiger partial charge >= 0.3 is 0 Å². The number of piperazine rings is 1. The van der Waals surface area contributed by atoms with E-state index in [1.807, 2.05) is 19.0 Å².